The lowest BCUT2D eigenvalue weighted by molar-refractivity contribution is -0.0861. The molecule has 4 rings (SSSR count). The minimum absolute atomic E-state index is 0.0675. The van der Waals surface area contributed by atoms with E-state index in [0.29, 0.717) is 26.1 Å². The van der Waals surface area contributed by atoms with E-state index in [1.807, 2.05) is 25.7 Å². The van der Waals surface area contributed by atoms with Gasteiger partial charge in [0, 0.05) is 11.5 Å². The Morgan fingerprint density at radius 2 is 1.48 bits per heavy atom. The highest BCUT2D eigenvalue weighted by atomic mass is 16.6. The van der Waals surface area contributed by atoms with Crippen LogP contribution in [0.5, 0.6) is 0 Å². The lowest BCUT2D eigenvalue weighted by atomic mass is 9.62. The predicted molar refractivity (Wildman–Crippen MR) is 130 cm³/mol. The van der Waals surface area contributed by atoms with Crippen LogP contribution in [0.15, 0.2) is 12.1 Å². The van der Waals surface area contributed by atoms with Gasteiger partial charge in [-0.25, -0.2) is 4.79 Å². The van der Waals surface area contributed by atoms with Crippen LogP contribution < -0.4 is 0 Å². The van der Waals surface area contributed by atoms with Crippen molar-refractivity contribution < 1.29 is 19.1 Å². The number of amides is 1. The molecule has 2 saturated heterocycles. The van der Waals surface area contributed by atoms with E-state index in [2.05, 4.69) is 46.8 Å². The quantitative estimate of drug-likeness (QED) is 0.518. The molecule has 1 aromatic carbocycles. The van der Waals surface area contributed by atoms with Crippen molar-refractivity contribution in [1.29, 1.82) is 0 Å². The van der Waals surface area contributed by atoms with Gasteiger partial charge in [0.25, 0.3) is 0 Å². The molecule has 0 spiro atoms. The Morgan fingerprint density at radius 1 is 0.970 bits per heavy atom. The molecule has 2 heterocycles. The van der Waals surface area contributed by atoms with Crippen LogP contribution in [0.25, 0.3) is 0 Å². The third-order valence-electron chi connectivity index (χ3n) is 7.96. The van der Waals surface area contributed by atoms with E-state index in [9.17, 15) is 9.59 Å². The standard InChI is InChI=1S/C28H41NO4/c1-17-11-22-23(28(7,8)10-9-27(22,5)6)14-21(17)24(30)18-12-19-15-32-16-20(13-18)29(19)25(31)33-26(2,3)4/h11,14,18-20H,9-10,12-13,15-16H2,1-8H3. The number of nitrogens with zero attached hydrogens (tertiary/aromatic N) is 1. The van der Waals surface area contributed by atoms with Crippen LogP contribution in [-0.4, -0.2) is 47.7 Å². The number of hydrogen-bond donors (Lipinski definition) is 0. The Balaban J connectivity index is 1.61. The van der Waals surface area contributed by atoms with Gasteiger partial charge in [0.1, 0.15) is 5.60 Å². The summed E-state index contributed by atoms with van der Waals surface area (Å²) in [4.78, 5) is 28.6. The largest absolute Gasteiger partial charge is 0.444 e. The van der Waals surface area contributed by atoms with Gasteiger partial charge < -0.3 is 9.47 Å². The minimum Gasteiger partial charge on any atom is -0.444 e. The number of rotatable bonds is 2. The number of ether oxygens (including phenoxy) is 2. The van der Waals surface area contributed by atoms with Crippen LogP contribution >= 0.6 is 0 Å². The molecule has 1 amide bonds. The van der Waals surface area contributed by atoms with Gasteiger partial charge in [-0.15, -0.1) is 0 Å². The zero-order chi connectivity index (χ0) is 24.3. The van der Waals surface area contributed by atoms with E-state index < -0.39 is 5.60 Å². The third kappa shape index (κ3) is 4.58. The van der Waals surface area contributed by atoms with Crippen molar-refractivity contribution in [3.05, 3.63) is 34.4 Å². The molecule has 5 nitrogen and oxygen atoms in total. The summed E-state index contributed by atoms with van der Waals surface area (Å²) in [5, 5.41) is 0. The second-order valence-corrected chi connectivity index (χ2v) is 12.7. The molecule has 2 unspecified atom stereocenters. The van der Waals surface area contributed by atoms with Crippen LogP contribution in [0.3, 0.4) is 0 Å². The molecular weight excluding hydrogens is 414 g/mol. The molecule has 0 radical (unpaired) electrons. The lowest BCUT2D eigenvalue weighted by Gasteiger charge is -2.48. The van der Waals surface area contributed by atoms with Crippen molar-refractivity contribution in [1.82, 2.24) is 4.90 Å². The van der Waals surface area contributed by atoms with Gasteiger partial charge in [-0.1, -0.05) is 33.8 Å². The maximum Gasteiger partial charge on any atom is 0.410 e. The highest BCUT2D eigenvalue weighted by Gasteiger charge is 2.46. The van der Waals surface area contributed by atoms with Crippen LogP contribution in [-0.2, 0) is 20.3 Å². The average molecular weight is 456 g/mol. The zero-order valence-corrected chi connectivity index (χ0v) is 21.7. The number of fused-ring (bicyclic) bond motifs is 3. The van der Waals surface area contributed by atoms with Crippen molar-refractivity contribution >= 4 is 11.9 Å². The van der Waals surface area contributed by atoms with Gasteiger partial charge in [0.15, 0.2) is 5.78 Å². The Bertz CT molecular complexity index is 941. The average Bonchev–Trinajstić information content (AvgIpc) is 2.68. The molecule has 5 heteroatoms. The van der Waals surface area contributed by atoms with E-state index in [1.165, 1.54) is 11.1 Å². The number of hydrogen-bond acceptors (Lipinski definition) is 4. The molecule has 33 heavy (non-hydrogen) atoms. The molecule has 0 saturated carbocycles. The van der Waals surface area contributed by atoms with E-state index in [-0.39, 0.29) is 40.7 Å². The van der Waals surface area contributed by atoms with Gasteiger partial charge >= 0.3 is 6.09 Å². The Kier molecular flexibility index (Phi) is 5.96. The van der Waals surface area contributed by atoms with E-state index in [1.54, 1.807) is 0 Å². The Labute approximate surface area is 199 Å². The second kappa shape index (κ2) is 8.11. The first-order valence-corrected chi connectivity index (χ1v) is 12.5. The van der Waals surface area contributed by atoms with Crippen molar-refractivity contribution in [3.8, 4) is 0 Å². The second-order valence-electron chi connectivity index (χ2n) is 12.7. The van der Waals surface area contributed by atoms with E-state index >= 15 is 0 Å². The summed E-state index contributed by atoms with van der Waals surface area (Å²) < 4.78 is 11.4. The molecule has 3 aliphatic rings. The topological polar surface area (TPSA) is 55.8 Å². The highest BCUT2D eigenvalue weighted by Crippen LogP contribution is 2.47. The number of ketones is 1. The molecule has 1 aliphatic carbocycles. The van der Waals surface area contributed by atoms with Crippen molar-refractivity contribution in [2.75, 3.05) is 13.2 Å². The number of morpholine rings is 1. The summed E-state index contributed by atoms with van der Waals surface area (Å²) in [5.41, 5.74) is 4.29. The van der Waals surface area contributed by atoms with Crippen molar-refractivity contribution in [2.24, 2.45) is 5.92 Å². The summed E-state index contributed by atoms with van der Waals surface area (Å²) in [6.45, 7) is 17.9. The molecule has 0 aromatic heterocycles. The monoisotopic (exact) mass is 455 g/mol. The fraction of sp³-hybridized carbons (Fsp3) is 0.714. The number of aryl methyl sites for hydroxylation is 1. The number of benzene rings is 1. The van der Waals surface area contributed by atoms with E-state index in [0.717, 1.165) is 24.0 Å². The maximum atomic E-state index is 13.8. The van der Waals surface area contributed by atoms with Crippen molar-refractivity contribution in [3.63, 3.8) is 0 Å². The summed E-state index contributed by atoms with van der Waals surface area (Å²) in [5.74, 6) is 0.120. The number of carbonyl (C=O) groups is 2. The van der Waals surface area contributed by atoms with Crippen LogP contribution in [0.2, 0.25) is 0 Å². The zero-order valence-electron chi connectivity index (χ0n) is 21.7. The molecular formula is C28H41NO4. The minimum atomic E-state index is -0.542. The van der Waals surface area contributed by atoms with Gasteiger partial charge in [-0.3, -0.25) is 9.69 Å². The highest BCUT2D eigenvalue weighted by molar-refractivity contribution is 5.99. The molecule has 0 N–H and O–H groups in total. The first kappa shape index (κ1) is 24.3. The first-order chi connectivity index (χ1) is 15.2. The molecule has 2 atom stereocenters. The number of piperidine rings is 1. The van der Waals surface area contributed by atoms with Crippen LogP contribution in [0.1, 0.15) is 101 Å². The fourth-order valence-corrected chi connectivity index (χ4v) is 5.95. The summed E-state index contributed by atoms with van der Waals surface area (Å²) >= 11 is 0. The normalized spacial score (nSPS) is 28.1. The van der Waals surface area contributed by atoms with E-state index in [4.69, 9.17) is 9.47 Å². The molecule has 2 bridgehead atoms. The van der Waals surface area contributed by atoms with Crippen LogP contribution in [0.4, 0.5) is 4.79 Å². The molecule has 2 fully saturated rings. The van der Waals surface area contributed by atoms with Gasteiger partial charge in [-0.05, 0) is 87.0 Å². The van der Waals surface area contributed by atoms with Gasteiger partial charge in [-0.2, -0.15) is 0 Å². The molecule has 182 valence electrons. The van der Waals surface area contributed by atoms with Gasteiger partial charge in [0.2, 0.25) is 0 Å². The Morgan fingerprint density at radius 3 is 2.00 bits per heavy atom. The third-order valence-corrected chi connectivity index (χ3v) is 7.96. The van der Waals surface area contributed by atoms with Gasteiger partial charge in [0.05, 0.1) is 25.3 Å². The van der Waals surface area contributed by atoms with Crippen LogP contribution in [0, 0.1) is 12.8 Å². The lowest BCUT2D eigenvalue weighted by Crippen LogP contribution is -2.60. The summed E-state index contributed by atoms with van der Waals surface area (Å²) in [6.07, 6.45) is 3.24. The molecule has 1 aromatic rings. The number of Topliss-reactive ketones (excluding diaryl/α,β-unsaturated/α-hetero) is 1. The first-order valence-electron chi connectivity index (χ1n) is 12.5. The number of carbonyl (C=O) groups excluding carboxylic acids is 2. The molecule has 2 aliphatic heterocycles. The Hall–Kier alpha value is -1.88. The smallest absolute Gasteiger partial charge is 0.410 e. The van der Waals surface area contributed by atoms with Crippen molar-refractivity contribution in [2.45, 2.75) is 110 Å². The fourth-order valence-electron chi connectivity index (χ4n) is 5.95. The SMILES string of the molecule is Cc1cc2c(cc1C(=O)C1CC3COCC(C1)N3C(=O)OC(C)(C)C)C(C)(C)CCC2(C)C. The predicted octanol–water partition coefficient (Wildman–Crippen LogP) is 5.94. The maximum absolute atomic E-state index is 13.8. The summed E-state index contributed by atoms with van der Waals surface area (Å²) in [7, 11) is 0. The summed E-state index contributed by atoms with van der Waals surface area (Å²) in [6, 6.07) is 4.23.